The normalized spacial score (nSPS) is 15.6. The topological polar surface area (TPSA) is 49.4 Å². The molecular formula is C9H15BrN2O2. The van der Waals surface area contributed by atoms with Crippen LogP contribution in [0.25, 0.3) is 0 Å². The van der Waals surface area contributed by atoms with Gasteiger partial charge in [0.2, 0.25) is 11.8 Å². The van der Waals surface area contributed by atoms with Crippen LogP contribution in [-0.4, -0.2) is 41.7 Å². The maximum absolute atomic E-state index is 11.5. The second kappa shape index (κ2) is 6.01. The minimum Gasteiger partial charge on any atom is -0.347 e. The first-order chi connectivity index (χ1) is 6.74. The van der Waals surface area contributed by atoms with E-state index in [0.29, 0.717) is 11.8 Å². The number of nitrogens with zero attached hydrogens (tertiary/aromatic N) is 1. The summed E-state index contributed by atoms with van der Waals surface area (Å²) in [4.78, 5) is 24.3. The van der Waals surface area contributed by atoms with Gasteiger partial charge in [-0.2, -0.15) is 0 Å². The van der Waals surface area contributed by atoms with Crippen LogP contribution in [0, 0.1) is 0 Å². The fourth-order valence-corrected chi connectivity index (χ4v) is 1.79. The largest absolute Gasteiger partial charge is 0.347 e. The summed E-state index contributed by atoms with van der Waals surface area (Å²) in [5.74, 6) is -0.0418. The Labute approximate surface area is 92.2 Å². The fourth-order valence-electron chi connectivity index (χ4n) is 1.43. The van der Waals surface area contributed by atoms with Crippen LogP contribution in [0.5, 0.6) is 0 Å². The molecule has 0 aromatic carbocycles. The van der Waals surface area contributed by atoms with Crippen molar-refractivity contribution in [3.05, 3.63) is 0 Å². The van der Waals surface area contributed by atoms with Gasteiger partial charge in [-0.05, 0) is 12.8 Å². The van der Waals surface area contributed by atoms with Gasteiger partial charge in [0.15, 0.2) is 0 Å². The number of nitrogens with one attached hydrogen (secondary N) is 1. The van der Waals surface area contributed by atoms with E-state index in [9.17, 15) is 9.59 Å². The molecule has 0 bridgehead atoms. The molecule has 5 heteroatoms. The molecule has 1 aliphatic heterocycles. The first kappa shape index (κ1) is 11.5. The monoisotopic (exact) mass is 262 g/mol. The predicted octanol–water partition coefficient (Wildman–Crippen LogP) is 0.510. The van der Waals surface area contributed by atoms with Gasteiger partial charge >= 0.3 is 0 Å². The van der Waals surface area contributed by atoms with E-state index in [0.717, 1.165) is 25.9 Å². The third kappa shape index (κ3) is 3.65. The summed E-state index contributed by atoms with van der Waals surface area (Å²) in [7, 11) is 0. The molecular weight excluding hydrogens is 248 g/mol. The number of hydrogen-bond acceptors (Lipinski definition) is 2. The minimum atomic E-state index is -0.0746. The Kier molecular flexibility index (Phi) is 4.93. The van der Waals surface area contributed by atoms with Crippen LogP contribution in [0.2, 0.25) is 0 Å². The number of amides is 2. The molecule has 0 radical (unpaired) electrons. The van der Waals surface area contributed by atoms with Crippen molar-refractivity contribution in [2.45, 2.75) is 19.3 Å². The second-order valence-electron chi connectivity index (χ2n) is 3.30. The van der Waals surface area contributed by atoms with Gasteiger partial charge in [0, 0.05) is 24.8 Å². The van der Waals surface area contributed by atoms with Crippen molar-refractivity contribution in [2.24, 2.45) is 0 Å². The summed E-state index contributed by atoms with van der Waals surface area (Å²) in [5.41, 5.74) is 0. The van der Waals surface area contributed by atoms with Gasteiger partial charge in [-0.1, -0.05) is 15.9 Å². The van der Waals surface area contributed by atoms with E-state index in [2.05, 4.69) is 21.2 Å². The maximum Gasteiger partial charge on any atom is 0.241 e. The molecule has 2 amide bonds. The van der Waals surface area contributed by atoms with E-state index in [1.165, 1.54) is 0 Å². The van der Waals surface area contributed by atoms with Gasteiger partial charge in [-0.25, -0.2) is 0 Å². The standard InChI is InChI=1S/C9H15BrN2O2/c10-4-3-8(13)11-7-9(14)12-5-1-2-6-12/h1-7H2,(H,11,13). The SMILES string of the molecule is O=C(CCBr)NCC(=O)N1CCCC1. The first-order valence-electron chi connectivity index (χ1n) is 4.84. The number of alkyl halides is 1. The average Bonchev–Trinajstić information content (AvgIpc) is 2.67. The summed E-state index contributed by atoms with van der Waals surface area (Å²) in [6, 6.07) is 0. The molecule has 1 aliphatic rings. The number of carbonyl (C=O) groups excluding carboxylic acids is 2. The van der Waals surface area contributed by atoms with Crippen LogP contribution in [0.1, 0.15) is 19.3 Å². The Morgan fingerprint density at radius 1 is 1.29 bits per heavy atom. The molecule has 0 saturated carbocycles. The molecule has 0 aliphatic carbocycles. The number of likely N-dealkylation sites (tertiary alicyclic amines) is 1. The molecule has 0 spiro atoms. The second-order valence-corrected chi connectivity index (χ2v) is 4.10. The van der Waals surface area contributed by atoms with Crippen molar-refractivity contribution in [2.75, 3.05) is 25.0 Å². The number of hydrogen-bond donors (Lipinski definition) is 1. The Morgan fingerprint density at radius 2 is 1.93 bits per heavy atom. The molecule has 0 aromatic heterocycles. The van der Waals surface area contributed by atoms with E-state index in [1.807, 2.05) is 0 Å². The van der Waals surface area contributed by atoms with Crippen LogP contribution >= 0.6 is 15.9 Å². The highest BCUT2D eigenvalue weighted by atomic mass is 79.9. The highest BCUT2D eigenvalue weighted by molar-refractivity contribution is 9.09. The van der Waals surface area contributed by atoms with Crippen molar-refractivity contribution < 1.29 is 9.59 Å². The van der Waals surface area contributed by atoms with E-state index in [-0.39, 0.29) is 18.4 Å². The quantitative estimate of drug-likeness (QED) is 0.751. The van der Waals surface area contributed by atoms with Gasteiger partial charge in [-0.3, -0.25) is 9.59 Å². The number of rotatable bonds is 4. The zero-order valence-corrected chi connectivity index (χ0v) is 9.68. The molecule has 1 heterocycles. The average molecular weight is 263 g/mol. The lowest BCUT2D eigenvalue weighted by Gasteiger charge is -2.15. The lowest BCUT2D eigenvalue weighted by molar-refractivity contribution is -0.131. The molecule has 0 aromatic rings. The van der Waals surface area contributed by atoms with Crippen LogP contribution < -0.4 is 5.32 Å². The van der Waals surface area contributed by atoms with E-state index in [1.54, 1.807) is 4.90 Å². The molecule has 0 atom stereocenters. The molecule has 1 rings (SSSR count). The number of carbonyl (C=O) groups is 2. The number of halogens is 1. The minimum absolute atomic E-state index is 0.0328. The molecule has 14 heavy (non-hydrogen) atoms. The van der Waals surface area contributed by atoms with Crippen LogP contribution in [-0.2, 0) is 9.59 Å². The van der Waals surface area contributed by atoms with Gasteiger partial charge < -0.3 is 10.2 Å². The Morgan fingerprint density at radius 3 is 2.50 bits per heavy atom. The van der Waals surface area contributed by atoms with E-state index < -0.39 is 0 Å². The lowest BCUT2D eigenvalue weighted by atomic mass is 10.4. The molecule has 80 valence electrons. The van der Waals surface area contributed by atoms with Gasteiger partial charge in [0.25, 0.3) is 0 Å². The van der Waals surface area contributed by atoms with Crippen LogP contribution in [0.15, 0.2) is 0 Å². The summed E-state index contributed by atoms with van der Waals surface area (Å²) in [5, 5.41) is 3.24. The summed E-state index contributed by atoms with van der Waals surface area (Å²) in [6.07, 6.45) is 2.59. The van der Waals surface area contributed by atoms with Crippen LogP contribution in [0.4, 0.5) is 0 Å². The van der Waals surface area contributed by atoms with Gasteiger partial charge in [0.05, 0.1) is 6.54 Å². The smallest absolute Gasteiger partial charge is 0.241 e. The molecule has 0 unspecified atom stereocenters. The zero-order chi connectivity index (χ0) is 10.4. The van der Waals surface area contributed by atoms with Gasteiger partial charge in [0.1, 0.15) is 0 Å². The third-order valence-corrected chi connectivity index (χ3v) is 2.61. The Bertz CT molecular complexity index is 215. The highest BCUT2D eigenvalue weighted by Gasteiger charge is 2.17. The van der Waals surface area contributed by atoms with E-state index in [4.69, 9.17) is 0 Å². The van der Waals surface area contributed by atoms with Crippen molar-refractivity contribution >= 4 is 27.7 Å². The molecule has 1 fully saturated rings. The zero-order valence-electron chi connectivity index (χ0n) is 8.09. The predicted molar refractivity (Wildman–Crippen MR) is 57.2 cm³/mol. The van der Waals surface area contributed by atoms with E-state index >= 15 is 0 Å². The first-order valence-corrected chi connectivity index (χ1v) is 5.96. The summed E-state index contributed by atoms with van der Waals surface area (Å²) < 4.78 is 0. The Hall–Kier alpha value is -0.580. The molecule has 4 nitrogen and oxygen atoms in total. The lowest BCUT2D eigenvalue weighted by Crippen LogP contribution is -2.38. The van der Waals surface area contributed by atoms with Crippen molar-refractivity contribution in [1.82, 2.24) is 10.2 Å². The van der Waals surface area contributed by atoms with Crippen molar-refractivity contribution in [3.8, 4) is 0 Å². The molecule has 1 N–H and O–H groups in total. The van der Waals surface area contributed by atoms with Crippen molar-refractivity contribution in [1.29, 1.82) is 0 Å². The van der Waals surface area contributed by atoms with Gasteiger partial charge in [-0.15, -0.1) is 0 Å². The fraction of sp³-hybridized carbons (Fsp3) is 0.778. The van der Waals surface area contributed by atoms with Crippen LogP contribution in [0.3, 0.4) is 0 Å². The summed E-state index contributed by atoms with van der Waals surface area (Å²) in [6.45, 7) is 1.83. The maximum atomic E-state index is 11.5. The third-order valence-electron chi connectivity index (χ3n) is 2.22. The van der Waals surface area contributed by atoms with Crippen molar-refractivity contribution in [3.63, 3.8) is 0 Å². The Balaban J connectivity index is 2.17. The highest BCUT2D eigenvalue weighted by Crippen LogP contribution is 2.06. The molecule has 1 saturated heterocycles. The summed E-state index contributed by atoms with van der Waals surface area (Å²) >= 11 is 3.17.